The van der Waals surface area contributed by atoms with Gasteiger partial charge in [-0.15, -0.1) is 0 Å². The van der Waals surface area contributed by atoms with Gasteiger partial charge in [0.05, 0.1) is 0 Å². The summed E-state index contributed by atoms with van der Waals surface area (Å²) in [6.45, 7) is 25.8. The predicted molar refractivity (Wildman–Crippen MR) is 155 cm³/mol. The van der Waals surface area contributed by atoms with Crippen molar-refractivity contribution in [3.8, 4) is 0 Å². The first-order valence-electron chi connectivity index (χ1n) is 13.2. The summed E-state index contributed by atoms with van der Waals surface area (Å²) in [6.07, 6.45) is 9.22. The Morgan fingerprint density at radius 3 is 1.79 bits per heavy atom. The van der Waals surface area contributed by atoms with E-state index in [0.717, 1.165) is 6.42 Å². The molecule has 0 nitrogen and oxygen atoms in total. The molecule has 0 spiro atoms. The van der Waals surface area contributed by atoms with E-state index in [-0.39, 0.29) is 0 Å². The van der Waals surface area contributed by atoms with Gasteiger partial charge in [-0.3, -0.25) is 0 Å². The van der Waals surface area contributed by atoms with Crippen LogP contribution >= 0.6 is 0 Å². The minimum absolute atomic E-state index is 0.632. The minimum Gasteiger partial charge on any atom is -0.0689 e. The van der Waals surface area contributed by atoms with Crippen molar-refractivity contribution >= 4 is 5.57 Å². The second-order valence-corrected chi connectivity index (χ2v) is 8.81. The summed E-state index contributed by atoms with van der Waals surface area (Å²) in [5, 5.41) is 0. The van der Waals surface area contributed by atoms with E-state index in [4.69, 9.17) is 0 Å². The molecule has 0 fully saturated rings. The summed E-state index contributed by atoms with van der Waals surface area (Å²) in [5.74, 6) is 0.632. The first kappa shape index (κ1) is 33.1. The molecule has 2 aromatic carbocycles. The average Bonchev–Trinajstić information content (AvgIpc) is 2.81. The summed E-state index contributed by atoms with van der Waals surface area (Å²) >= 11 is 0. The normalized spacial score (nSPS) is 11.8. The Hall–Kier alpha value is -2.08. The third kappa shape index (κ3) is 14.6. The van der Waals surface area contributed by atoms with Crippen LogP contribution in [0.2, 0.25) is 0 Å². The molecule has 0 aliphatic rings. The monoisotopic (exact) mass is 450 g/mol. The number of benzene rings is 2. The fourth-order valence-electron chi connectivity index (χ4n) is 2.96. The van der Waals surface area contributed by atoms with E-state index in [1.54, 1.807) is 0 Å². The van der Waals surface area contributed by atoms with Crippen LogP contribution in [0.5, 0.6) is 0 Å². The molecule has 33 heavy (non-hydrogen) atoms. The molecule has 0 aliphatic heterocycles. The summed E-state index contributed by atoms with van der Waals surface area (Å²) in [5.41, 5.74) is 9.61. The molecule has 0 aliphatic carbocycles. The van der Waals surface area contributed by atoms with Gasteiger partial charge in [0, 0.05) is 0 Å². The summed E-state index contributed by atoms with van der Waals surface area (Å²) < 4.78 is 0. The largest absolute Gasteiger partial charge is 0.0689 e. The third-order valence-corrected chi connectivity index (χ3v) is 5.15. The van der Waals surface area contributed by atoms with Crippen molar-refractivity contribution in [2.24, 2.45) is 0 Å². The highest BCUT2D eigenvalue weighted by molar-refractivity contribution is 5.65. The zero-order valence-corrected chi connectivity index (χ0v) is 24.1. The smallest absolute Gasteiger partial charge is 0.00640 e. The fourth-order valence-corrected chi connectivity index (χ4v) is 2.96. The molecule has 2 rings (SSSR count). The van der Waals surface area contributed by atoms with Gasteiger partial charge in [0.25, 0.3) is 0 Å². The number of hydrogen-bond acceptors (Lipinski definition) is 0. The van der Waals surface area contributed by atoms with Crippen LogP contribution in [0, 0.1) is 13.8 Å². The summed E-state index contributed by atoms with van der Waals surface area (Å²) in [6, 6.07) is 15.7. The Labute approximate surface area is 208 Å². The van der Waals surface area contributed by atoms with Crippen LogP contribution in [0.3, 0.4) is 0 Å². The molecular formula is C33H54. The molecule has 1 atom stereocenters. The SMILES string of the molecule is CC.CCC.CCC.CCC(C)c1ccc(C)c(C/C(C)=C/C=C(\C)c2ccc(C)cc2)c1. The van der Waals surface area contributed by atoms with Gasteiger partial charge in [-0.05, 0) is 74.3 Å². The van der Waals surface area contributed by atoms with Crippen molar-refractivity contribution in [2.75, 3.05) is 0 Å². The maximum Gasteiger partial charge on any atom is -0.00640 e. The van der Waals surface area contributed by atoms with Crippen LogP contribution in [0.1, 0.15) is 122 Å². The number of hydrogen-bond donors (Lipinski definition) is 0. The van der Waals surface area contributed by atoms with Gasteiger partial charge in [-0.25, -0.2) is 0 Å². The molecule has 2 aromatic rings. The fraction of sp³-hybridized carbons (Fsp3) is 0.515. The average molecular weight is 451 g/mol. The quantitative estimate of drug-likeness (QED) is 0.384. The second kappa shape index (κ2) is 20.5. The standard InChI is InChI=1S/C25H32.2C3H8.C2H6/c1-7-20(4)24-15-12-22(6)25(17-24)16-19(3)8-11-21(5)23-13-9-18(2)10-14-23;2*1-3-2;1-2/h8-15,17,20H,7,16H2,1-6H3;2*3H2,1-2H3;1-2H3/b19-8+,21-11+;;;. The maximum absolute atomic E-state index is 2.40. The highest BCUT2D eigenvalue weighted by atomic mass is 14.1. The molecular weight excluding hydrogens is 396 g/mol. The highest BCUT2D eigenvalue weighted by Crippen LogP contribution is 2.23. The van der Waals surface area contributed by atoms with E-state index in [1.807, 2.05) is 13.8 Å². The molecule has 186 valence electrons. The first-order valence-corrected chi connectivity index (χ1v) is 13.2. The van der Waals surface area contributed by atoms with Crippen LogP contribution in [0.25, 0.3) is 5.57 Å². The van der Waals surface area contributed by atoms with Crippen molar-refractivity contribution in [1.82, 2.24) is 0 Å². The van der Waals surface area contributed by atoms with Crippen molar-refractivity contribution in [1.29, 1.82) is 0 Å². The Bertz CT molecular complexity index is 785. The Morgan fingerprint density at radius 1 is 0.788 bits per heavy atom. The molecule has 0 heteroatoms. The lowest BCUT2D eigenvalue weighted by Gasteiger charge is -2.13. The van der Waals surface area contributed by atoms with Crippen LogP contribution < -0.4 is 0 Å². The van der Waals surface area contributed by atoms with Gasteiger partial charge in [-0.2, -0.15) is 0 Å². The number of rotatable bonds is 6. The lowest BCUT2D eigenvalue weighted by atomic mass is 9.92. The van der Waals surface area contributed by atoms with Crippen molar-refractivity contribution in [3.05, 3.63) is 88.0 Å². The first-order chi connectivity index (χ1) is 15.7. The lowest BCUT2D eigenvalue weighted by Crippen LogP contribution is -1.97. The molecule has 0 aromatic heterocycles. The highest BCUT2D eigenvalue weighted by Gasteiger charge is 2.06. The summed E-state index contributed by atoms with van der Waals surface area (Å²) in [7, 11) is 0. The van der Waals surface area contributed by atoms with E-state index in [0.29, 0.717) is 5.92 Å². The van der Waals surface area contributed by atoms with Crippen LogP contribution in [0.15, 0.2) is 60.2 Å². The van der Waals surface area contributed by atoms with E-state index < -0.39 is 0 Å². The van der Waals surface area contributed by atoms with Gasteiger partial charge in [-0.1, -0.05) is 134 Å². The van der Waals surface area contributed by atoms with Crippen LogP contribution in [-0.2, 0) is 6.42 Å². The molecule has 1 unspecified atom stereocenters. The van der Waals surface area contributed by atoms with Crippen LogP contribution in [-0.4, -0.2) is 0 Å². The van der Waals surface area contributed by atoms with E-state index in [2.05, 4.69) is 124 Å². The van der Waals surface area contributed by atoms with Gasteiger partial charge < -0.3 is 0 Å². The Kier molecular flexibility index (Phi) is 20.6. The number of aryl methyl sites for hydroxylation is 2. The zero-order valence-electron chi connectivity index (χ0n) is 24.1. The Morgan fingerprint density at radius 2 is 1.30 bits per heavy atom. The van der Waals surface area contributed by atoms with Gasteiger partial charge >= 0.3 is 0 Å². The predicted octanol–water partition coefficient (Wildman–Crippen LogP) is 11.3. The molecule has 0 saturated carbocycles. The minimum atomic E-state index is 0.632. The topological polar surface area (TPSA) is 0 Å². The third-order valence-electron chi connectivity index (χ3n) is 5.15. The summed E-state index contributed by atoms with van der Waals surface area (Å²) in [4.78, 5) is 0. The van der Waals surface area contributed by atoms with Gasteiger partial charge in [0.2, 0.25) is 0 Å². The van der Waals surface area contributed by atoms with Crippen molar-refractivity contribution < 1.29 is 0 Å². The van der Waals surface area contributed by atoms with E-state index in [1.165, 1.54) is 58.2 Å². The molecule has 0 saturated heterocycles. The van der Waals surface area contributed by atoms with Crippen LogP contribution in [0.4, 0.5) is 0 Å². The van der Waals surface area contributed by atoms with Crippen molar-refractivity contribution in [2.45, 2.75) is 115 Å². The molecule has 0 N–H and O–H groups in total. The number of allylic oxidation sites excluding steroid dienone is 4. The van der Waals surface area contributed by atoms with E-state index in [9.17, 15) is 0 Å². The maximum atomic E-state index is 2.40. The molecule has 0 bridgehead atoms. The van der Waals surface area contributed by atoms with Gasteiger partial charge in [0.1, 0.15) is 0 Å². The second-order valence-electron chi connectivity index (χ2n) is 8.81. The van der Waals surface area contributed by atoms with Crippen molar-refractivity contribution in [3.63, 3.8) is 0 Å². The van der Waals surface area contributed by atoms with E-state index >= 15 is 0 Å². The Balaban J connectivity index is 0. The molecule has 0 amide bonds. The lowest BCUT2D eigenvalue weighted by molar-refractivity contribution is 0.732. The molecule has 0 heterocycles. The van der Waals surface area contributed by atoms with Gasteiger partial charge in [0.15, 0.2) is 0 Å². The molecule has 0 radical (unpaired) electrons. The zero-order chi connectivity index (χ0) is 25.8.